The Balaban J connectivity index is 1.99. The highest BCUT2D eigenvalue weighted by Gasteiger charge is 2.25. The van der Waals surface area contributed by atoms with Crippen LogP contribution in [0, 0.1) is 0 Å². The van der Waals surface area contributed by atoms with Crippen molar-refractivity contribution in [3.05, 3.63) is 16.2 Å². The third kappa shape index (κ3) is 2.55. The summed E-state index contributed by atoms with van der Waals surface area (Å²) in [5.41, 5.74) is 0. The molecule has 0 aromatic carbocycles. The van der Waals surface area contributed by atoms with Crippen molar-refractivity contribution in [2.75, 3.05) is 11.9 Å². The van der Waals surface area contributed by atoms with Crippen LogP contribution in [-0.4, -0.2) is 28.7 Å². The first-order chi connectivity index (χ1) is 9.17. The quantitative estimate of drug-likeness (QED) is 0.881. The summed E-state index contributed by atoms with van der Waals surface area (Å²) < 4.78 is 5.57. The van der Waals surface area contributed by atoms with Crippen molar-refractivity contribution in [2.24, 2.45) is 0 Å². The first-order valence-corrected chi connectivity index (χ1v) is 7.71. The summed E-state index contributed by atoms with van der Waals surface area (Å²) in [5.74, 6) is 0.827. The minimum atomic E-state index is 0.202. The highest BCUT2D eigenvalue weighted by atomic mass is 35.5. The molecule has 0 spiro atoms. The molecular formula is C13H16ClN3OS. The van der Waals surface area contributed by atoms with E-state index in [0.29, 0.717) is 11.3 Å². The highest BCUT2D eigenvalue weighted by molar-refractivity contribution is 7.18. The molecule has 6 heteroatoms. The Hall–Kier alpha value is -0.910. The van der Waals surface area contributed by atoms with Gasteiger partial charge >= 0.3 is 0 Å². The monoisotopic (exact) mass is 297 g/mol. The van der Waals surface area contributed by atoms with Gasteiger partial charge in [-0.1, -0.05) is 6.92 Å². The van der Waals surface area contributed by atoms with E-state index in [9.17, 15) is 0 Å². The molecule has 1 N–H and O–H groups in total. The molecular weight excluding hydrogens is 282 g/mol. The van der Waals surface area contributed by atoms with Gasteiger partial charge in [0.15, 0.2) is 0 Å². The van der Waals surface area contributed by atoms with Gasteiger partial charge < -0.3 is 10.1 Å². The second-order valence-electron chi connectivity index (χ2n) is 4.74. The van der Waals surface area contributed by atoms with E-state index in [0.717, 1.165) is 35.5 Å². The molecule has 4 nitrogen and oxygen atoms in total. The lowest BCUT2D eigenvalue weighted by Gasteiger charge is -2.17. The van der Waals surface area contributed by atoms with Crippen LogP contribution in [0.4, 0.5) is 5.82 Å². The molecule has 2 unspecified atom stereocenters. The van der Waals surface area contributed by atoms with E-state index in [-0.39, 0.29) is 6.10 Å². The molecule has 1 aliphatic rings. The van der Waals surface area contributed by atoms with Gasteiger partial charge in [-0.05, 0) is 37.4 Å². The maximum Gasteiger partial charge on any atom is 0.225 e. The smallest absolute Gasteiger partial charge is 0.225 e. The maximum absolute atomic E-state index is 6.01. The predicted octanol–water partition coefficient (Wildman–Crippen LogP) is 3.50. The van der Waals surface area contributed by atoms with Crippen molar-refractivity contribution in [1.29, 1.82) is 0 Å². The van der Waals surface area contributed by atoms with E-state index in [2.05, 4.69) is 35.2 Å². The van der Waals surface area contributed by atoms with Gasteiger partial charge in [0.2, 0.25) is 5.28 Å². The van der Waals surface area contributed by atoms with Crippen LogP contribution in [0.2, 0.25) is 5.28 Å². The number of aromatic nitrogens is 2. The Bertz CT molecular complexity index is 601. The standard InChI is InChI=1S/C13H16ClN3OS/c1-3-8-6-9-11(15-10-4-5-18-7(10)2)16-13(14)17-12(9)19-8/h6-7,10H,3-5H2,1-2H3,(H,15,16,17). The summed E-state index contributed by atoms with van der Waals surface area (Å²) in [7, 11) is 0. The van der Waals surface area contributed by atoms with Gasteiger partial charge in [0.05, 0.1) is 17.5 Å². The number of halogens is 1. The lowest BCUT2D eigenvalue weighted by atomic mass is 10.1. The molecule has 3 rings (SSSR count). The number of ether oxygens (including phenoxy) is 1. The van der Waals surface area contributed by atoms with E-state index in [1.54, 1.807) is 11.3 Å². The largest absolute Gasteiger partial charge is 0.376 e. The van der Waals surface area contributed by atoms with Crippen LogP contribution < -0.4 is 5.32 Å². The Labute approximate surface area is 121 Å². The number of hydrogen-bond acceptors (Lipinski definition) is 5. The molecule has 0 radical (unpaired) electrons. The molecule has 0 bridgehead atoms. The zero-order valence-electron chi connectivity index (χ0n) is 10.9. The zero-order chi connectivity index (χ0) is 13.4. The molecule has 2 aromatic rings. The zero-order valence-corrected chi connectivity index (χ0v) is 12.5. The van der Waals surface area contributed by atoms with Crippen molar-refractivity contribution in [2.45, 2.75) is 38.8 Å². The molecule has 1 fully saturated rings. The van der Waals surface area contributed by atoms with Gasteiger partial charge in [-0.3, -0.25) is 0 Å². The molecule has 3 heterocycles. The molecule has 102 valence electrons. The number of nitrogens with zero attached hydrogens (tertiary/aromatic N) is 2. The average Bonchev–Trinajstić information content (AvgIpc) is 2.96. The van der Waals surface area contributed by atoms with Crippen molar-refractivity contribution in [1.82, 2.24) is 9.97 Å². The fourth-order valence-corrected chi connectivity index (χ4v) is 3.51. The Morgan fingerprint density at radius 3 is 3.05 bits per heavy atom. The molecule has 1 aliphatic heterocycles. The van der Waals surface area contributed by atoms with Crippen molar-refractivity contribution < 1.29 is 4.74 Å². The van der Waals surface area contributed by atoms with Crippen molar-refractivity contribution in [3.8, 4) is 0 Å². The Morgan fingerprint density at radius 2 is 2.37 bits per heavy atom. The van der Waals surface area contributed by atoms with E-state index < -0.39 is 0 Å². The number of hydrogen-bond donors (Lipinski definition) is 1. The number of anilines is 1. The predicted molar refractivity (Wildman–Crippen MR) is 79.2 cm³/mol. The average molecular weight is 298 g/mol. The minimum absolute atomic E-state index is 0.202. The first kappa shape index (κ1) is 13.1. The number of thiophene rings is 1. The molecule has 0 aliphatic carbocycles. The van der Waals surface area contributed by atoms with Crippen LogP contribution in [0.25, 0.3) is 10.2 Å². The molecule has 0 saturated carbocycles. The second-order valence-corrected chi connectivity index (χ2v) is 6.20. The normalized spacial score (nSPS) is 23.1. The van der Waals surface area contributed by atoms with Crippen LogP contribution in [0.5, 0.6) is 0 Å². The van der Waals surface area contributed by atoms with Crippen LogP contribution in [0.3, 0.4) is 0 Å². The van der Waals surface area contributed by atoms with Gasteiger partial charge in [-0.25, -0.2) is 9.97 Å². The summed E-state index contributed by atoms with van der Waals surface area (Å²) >= 11 is 7.69. The summed E-state index contributed by atoms with van der Waals surface area (Å²) in [4.78, 5) is 10.9. The second kappa shape index (κ2) is 5.23. The van der Waals surface area contributed by atoms with Crippen LogP contribution in [-0.2, 0) is 11.2 Å². The van der Waals surface area contributed by atoms with E-state index >= 15 is 0 Å². The molecule has 2 atom stereocenters. The Morgan fingerprint density at radius 1 is 1.53 bits per heavy atom. The lowest BCUT2D eigenvalue weighted by molar-refractivity contribution is 0.121. The number of nitrogens with one attached hydrogen (secondary N) is 1. The molecule has 19 heavy (non-hydrogen) atoms. The van der Waals surface area contributed by atoms with Gasteiger partial charge in [-0.15, -0.1) is 11.3 Å². The minimum Gasteiger partial charge on any atom is -0.376 e. The van der Waals surface area contributed by atoms with Gasteiger partial charge in [0.25, 0.3) is 0 Å². The fraction of sp³-hybridized carbons (Fsp3) is 0.538. The van der Waals surface area contributed by atoms with E-state index in [4.69, 9.17) is 16.3 Å². The topological polar surface area (TPSA) is 47.0 Å². The highest BCUT2D eigenvalue weighted by Crippen LogP contribution is 2.31. The fourth-order valence-electron chi connectivity index (χ4n) is 2.33. The third-order valence-corrected chi connectivity index (χ3v) is 4.81. The van der Waals surface area contributed by atoms with Crippen LogP contribution in [0.15, 0.2) is 6.07 Å². The summed E-state index contributed by atoms with van der Waals surface area (Å²) in [5, 5.41) is 4.82. The van der Waals surface area contributed by atoms with Crippen molar-refractivity contribution >= 4 is 39.0 Å². The lowest BCUT2D eigenvalue weighted by Crippen LogP contribution is -2.27. The molecule has 2 aromatic heterocycles. The number of rotatable bonds is 3. The van der Waals surface area contributed by atoms with Crippen molar-refractivity contribution in [3.63, 3.8) is 0 Å². The van der Waals surface area contributed by atoms with Crippen LogP contribution >= 0.6 is 22.9 Å². The summed E-state index contributed by atoms with van der Waals surface area (Å²) in [6, 6.07) is 2.44. The number of fused-ring (bicyclic) bond motifs is 1. The Kier molecular flexibility index (Phi) is 3.60. The summed E-state index contributed by atoms with van der Waals surface area (Å²) in [6.07, 6.45) is 2.20. The third-order valence-electron chi connectivity index (χ3n) is 3.46. The van der Waals surface area contributed by atoms with Gasteiger partial charge in [-0.2, -0.15) is 0 Å². The number of aryl methyl sites for hydroxylation is 1. The SMILES string of the molecule is CCc1cc2c(NC3CCOC3C)nc(Cl)nc2s1. The van der Waals surface area contributed by atoms with E-state index in [1.807, 2.05) is 0 Å². The van der Waals surface area contributed by atoms with Gasteiger partial charge in [0, 0.05) is 11.5 Å². The first-order valence-electron chi connectivity index (χ1n) is 6.51. The van der Waals surface area contributed by atoms with Crippen LogP contribution in [0.1, 0.15) is 25.1 Å². The summed E-state index contributed by atoms with van der Waals surface area (Å²) in [6.45, 7) is 5.01. The van der Waals surface area contributed by atoms with E-state index in [1.165, 1.54) is 4.88 Å². The molecule has 1 saturated heterocycles. The molecule has 0 amide bonds. The van der Waals surface area contributed by atoms with Gasteiger partial charge in [0.1, 0.15) is 10.6 Å². The maximum atomic E-state index is 6.01.